The fourth-order valence-corrected chi connectivity index (χ4v) is 4.26. The van der Waals surface area contributed by atoms with E-state index in [0.717, 1.165) is 13.1 Å². The first-order valence-corrected chi connectivity index (χ1v) is 11.1. The van der Waals surface area contributed by atoms with Gasteiger partial charge in [0, 0.05) is 42.7 Å². The third-order valence-corrected chi connectivity index (χ3v) is 6.19. The second-order valence-corrected chi connectivity index (χ2v) is 8.69. The number of rotatable bonds is 8. The van der Waals surface area contributed by atoms with E-state index in [4.69, 9.17) is 11.6 Å². The molecule has 1 fully saturated rings. The van der Waals surface area contributed by atoms with Crippen molar-refractivity contribution in [3.63, 3.8) is 0 Å². The van der Waals surface area contributed by atoms with Gasteiger partial charge < -0.3 is 10.6 Å². The first-order chi connectivity index (χ1) is 14.0. The Morgan fingerprint density at radius 3 is 2.97 bits per heavy atom. The molecule has 2 aromatic rings. The van der Waals surface area contributed by atoms with E-state index >= 15 is 0 Å². The lowest BCUT2D eigenvalue weighted by Crippen LogP contribution is -2.42. The highest BCUT2D eigenvalue weighted by atomic mass is 35.5. The molecule has 2 heterocycles. The summed E-state index contributed by atoms with van der Waals surface area (Å²) in [7, 11) is 0. The lowest BCUT2D eigenvalue weighted by atomic mass is 10.0. The molecular formula is C20H26ClN5O2S. The molecule has 0 bridgehead atoms. The number of likely N-dealkylation sites (tertiary alicyclic amines) is 1. The molecule has 3 rings (SSSR count). The van der Waals surface area contributed by atoms with E-state index in [1.165, 1.54) is 30.6 Å². The van der Waals surface area contributed by atoms with Crippen molar-refractivity contribution in [2.75, 3.05) is 25.0 Å². The van der Waals surface area contributed by atoms with Gasteiger partial charge in [0.15, 0.2) is 0 Å². The van der Waals surface area contributed by atoms with E-state index in [1.54, 1.807) is 24.3 Å². The van der Waals surface area contributed by atoms with Crippen LogP contribution in [0.25, 0.3) is 0 Å². The third-order valence-electron chi connectivity index (χ3n) is 4.97. The molecule has 1 aromatic carbocycles. The molecule has 1 unspecified atom stereocenters. The molecule has 2 amide bonds. The summed E-state index contributed by atoms with van der Waals surface area (Å²) < 4.78 is 0. The topological polar surface area (TPSA) is 87.2 Å². The van der Waals surface area contributed by atoms with Crippen molar-refractivity contribution in [3.8, 4) is 0 Å². The van der Waals surface area contributed by atoms with Crippen molar-refractivity contribution in [1.82, 2.24) is 20.4 Å². The maximum Gasteiger partial charge on any atom is 0.286 e. The van der Waals surface area contributed by atoms with Gasteiger partial charge in [0.2, 0.25) is 10.9 Å². The number of carbonyl (C=O) groups excluding carboxylic acids is 2. The highest BCUT2D eigenvalue weighted by molar-refractivity contribution is 7.13. The van der Waals surface area contributed by atoms with Gasteiger partial charge in [-0.05, 0) is 44.5 Å². The maximum absolute atomic E-state index is 12.3. The van der Waals surface area contributed by atoms with Crippen LogP contribution in [0.1, 0.15) is 47.4 Å². The predicted molar refractivity (Wildman–Crippen MR) is 116 cm³/mol. The fraction of sp³-hybridized carbons (Fsp3) is 0.500. The van der Waals surface area contributed by atoms with Crippen molar-refractivity contribution in [3.05, 3.63) is 39.3 Å². The minimum atomic E-state index is -0.337. The molecule has 29 heavy (non-hydrogen) atoms. The van der Waals surface area contributed by atoms with Crippen LogP contribution in [0.3, 0.4) is 0 Å². The first kappa shape index (κ1) is 21.7. The quantitative estimate of drug-likeness (QED) is 0.663. The summed E-state index contributed by atoms with van der Waals surface area (Å²) in [5, 5.41) is 15.1. The Hall–Kier alpha value is -2.03. The van der Waals surface area contributed by atoms with Crippen molar-refractivity contribution in [1.29, 1.82) is 0 Å². The highest BCUT2D eigenvalue weighted by Crippen LogP contribution is 2.18. The van der Waals surface area contributed by atoms with Gasteiger partial charge in [0.25, 0.3) is 5.91 Å². The number of halogens is 1. The summed E-state index contributed by atoms with van der Waals surface area (Å²) in [6.07, 6.45) is 4.57. The van der Waals surface area contributed by atoms with E-state index in [1.807, 2.05) is 0 Å². The standard InChI is InChI=1S/C20H26ClN5O2S/c1-14-5-2-3-11-26(14)12-10-22-17(27)8-9-18-24-25-20(29-18)19(28)23-16-7-4-6-15(21)13-16/h4,6-7,13-14H,2-3,5,8-12H2,1H3,(H,22,27)(H,23,28). The van der Waals surface area contributed by atoms with Crippen LogP contribution in [-0.4, -0.2) is 52.6 Å². The average molecular weight is 436 g/mol. The Balaban J connectivity index is 1.39. The number of benzene rings is 1. The largest absolute Gasteiger partial charge is 0.355 e. The lowest BCUT2D eigenvalue weighted by molar-refractivity contribution is -0.121. The number of aryl methyl sites for hydroxylation is 1. The van der Waals surface area contributed by atoms with Crippen molar-refractivity contribution < 1.29 is 9.59 Å². The second-order valence-electron chi connectivity index (χ2n) is 7.20. The van der Waals surface area contributed by atoms with Crippen molar-refractivity contribution in [2.24, 2.45) is 0 Å². The highest BCUT2D eigenvalue weighted by Gasteiger charge is 2.18. The predicted octanol–water partition coefficient (Wildman–Crippen LogP) is 3.37. The second kappa shape index (κ2) is 10.7. The number of piperidine rings is 1. The number of amides is 2. The minimum Gasteiger partial charge on any atom is -0.355 e. The summed E-state index contributed by atoms with van der Waals surface area (Å²) >= 11 is 7.12. The van der Waals surface area contributed by atoms with E-state index in [0.29, 0.717) is 41.1 Å². The molecule has 0 aliphatic carbocycles. The Morgan fingerprint density at radius 2 is 2.17 bits per heavy atom. The molecule has 1 aliphatic rings. The Morgan fingerprint density at radius 1 is 1.31 bits per heavy atom. The molecule has 156 valence electrons. The minimum absolute atomic E-state index is 0.00482. The van der Waals surface area contributed by atoms with Crippen LogP contribution >= 0.6 is 22.9 Å². The SMILES string of the molecule is CC1CCCCN1CCNC(=O)CCc1nnc(C(=O)Nc2cccc(Cl)c2)s1. The van der Waals surface area contributed by atoms with Crippen molar-refractivity contribution >= 4 is 40.4 Å². The molecule has 1 aliphatic heterocycles. The first-order valence-electron chi connectivity index (χ1n) is 9.91. The van der Waals surface area contributed by atoms with Crippen LogP contribution in [0.5, 0.6) is 0 Å². The van der Waals surface area contributed by atoms with Crippen LogP contribution in [0, 0.1) is 0 Å². The smallest absolute Gasteiger partial charge is 0.286 e. The summed E-state index contributed by atoms with van der Waals surface area (Å²) in [5.74, 6) is -0.342. The van der Waals surface area contributed by atoms with Gasteiger partial charge >= 0.3 is 0 Å². The maximum atomic E-state index is 12.3. The molecule has 9 heteroatoms. The molecule has 1 atom stereocenters. The van der Waals surface area contributed by atoms with Crippen LogP contribution < -0.4 is 10.6 Å². The van der Waals surface area contributed by atoms with Gasteiger partial charge in [-0.1, -0.05) is 35.4 Å². The van der Waals surface area contributed by atoms with E-state index < -0.39 is 0 Å². The molecular weight excluding hydrogens is 410 g/mol. The number of hydrogen-bond donors (Lipinski definition) is 2. The van der Waals surface area contributed by atoms with Gasteiger partial charge in [0.1, 0.15) is 5.01 Å². The average Bonchev–Trinajstić information content (AvgIpc) is 3.17. The molecule has 1 saturated heterocycles. The molecule has 0 radical (unpaired) electrons. The van der Waals surface area contributed by atoms with E-state index in [-0.39, 0.29) is 16.8 Å². The molecule has 2 N–H and O–H groups in total. The molecule has 0 spiro atoms. The van der Waals surface area contributed by atoms with Crippen LogP contribution in [0.2, 0.25) is 5.02 Å². The summed E-state index contributed by atoms with van der Waals surface area (Å²) in [4.78, 5) is 26.8. The number of anilines is 1. The lowest BCUT2D eigenvalue weighted by Gasteiger charge is -2.33. The Kier molecular flexibility index (Phi) is 7.97. The van der Waals surface area contributed by atoms with Crippen LogP contribution in [0.4, 0.5) is 5.69 Å². The van der Waals surface area contributed by atoms with Crippen molar-refractivity contribution in [2.45, 2.75) is 45.1 Å². The van der Waals surface area contributed by atoms with Gasteiger partial charge in [-0.15, -0.1) is 10.2 Å². The zero-order valence-electron chi connectivity index (χ0n) is 16.5. The summed E-state index contributed by atoms with van der Waals surface area (Å²) in [6, 6.07) is 7.50. The van der Waals surface area contributed by atoms with Gasteiger partial charge in [-0.3, -0.25) is 14.5 Å². The normalized spacial score (nSPS) is 17.1. The summed E-state index contributed by atoms with van der Waals surface area (Å²) in [6.45, 7) is 4.91. The van der Waals surface area contributed by atoms with Gasteiger partial charge in [-0.25, -0.2) is 0 Å². The number of nitrogens with one attached hydrogen (secondary N) is 2. The molecule has 7 nitrogen and oxygen atoms in total. The fourth-order valence-electron chi connectivity index (χ4n) is 3.33. The molecule has 0 saturated carbocycles. The Bertz CT molecular complexity index is 844. The van der Waals surface area contributed by atoms with Crippen LogP contribution in [0.15, 0.2) is 24.3 Å². The number of carbonyl (C=O) groups is 2. The summed E-state index contributed by atoms with van der Waals surface area (Å²) in [5.41, 5.74) is 0.599. The van der Waals surface area contributed by atoms with Gasteiger partial charge in [0.05, 0.1) is 0 Å². The van der Waals surface area contributed by atoms with Gasteiger partial charge in [-0.2, -0.15) is 0 Å². The number of aromatic nitrogens is 2. The Labute approximate surface area is 179 Å². The van der Waals surface area contributed by atoms with Crippen LogP contribution in [-0.2, 0) is 11.2 Å². The van der Waals surface area contributed by atoms with E-state index in [2.05, 4.69) is 32.7 Å². The van der Waals surface area contributed by atoms with E-state index in [9.17, 15) is 9.59 Å². The zero-order valence-corrected chi connectivity index (χ0v) is 18.1. The molecule has 1 aromatic heterocycles. The number of hydrogen-bond acceptors (Lipinski definition) is 6. The monoisotopic (exact) mass is 435 g/mol. The third kappa shape index (κ3) is 6.76. The number of nitrogens with zero attached hydrogens (tertiary/aromatic N) is 3. The zero-order chi connectivity index (χ0) is 20.6.